The van der Waals surface area contributed by atoms with Crippen molar-refractivity contribution in [1.29, 1.82) is 0 Å². The molecule has 0 aliphatic rings. The van der Waals surface area contributed by atoms with Crippen molar-refractivity contribution in [2.24, 2.45) is 0 Å². The molecule has 2 aromatic heterocycles. The second kappa shape index (κ2) is 4.39. The van der Waals surface area contributed by atoms with Gasteiger partial charge in [0.25, 0.3) is 15.6 Å². The molecule has 17 heavy (non-hydrogen) atoms. The first-order chi connectivity index (χ1) is 7.99. The summed E-state index contributed by atoms with van der Waals surface area (Å²) in [6.07, 6.45) is 1.03. The summed E-state index contributed by atoms with van der Waals surface area (Å²) in [5.74, 6) is 0. The van der Waals surface area contributed by atoms with Crippen molar-refractivity contribution in [1.82, 2.24) is 19.8 Å². The van der Waals surface area contributed by atoms with Gasteiger partial charge < -0.3 is 4.98 Å². The molecule has 0 spiro atoms. The summed E-state index contributed by atoms with van der Waals surface area (Å²) in [5, 5.41) is 6.47. The van der Waals surface area contributed by atoms with E-state index in [4.69, 9.17) is 11.6 Å². The largest absolute Gasteiger partial charge is 0.326 e. The summed E-state index contributed by atoms with van der Waals surface area (Å²) < 4.78 is 29.1. The average molecular weight is 294 g/mol. The van der Waals surface area contributed by atoms with E-state index in [0.29, 0.717) is 0 Å². The van der Waals surface area contributed by atoms with Crippen LogP contribution >= 0.6 is 23.1 Å². The van der Waals surface area contributed by atoms with Crippen molar-refractivity contribution in [3.05, 3.63) is 27.6 Å². The van der Waals surface area contributed by atoms with E-state index >= 15 is 0 Å². The molecule has 0 aliphatic heterocycles. The minimum atomic E-state index is -3.86. The van der Waals surface area contributed by atoms with Crippen LogP contribution in [-0.2, 0) is 10.0 Å². The van der Waals surface area contributed by atoms with E-state index in [1.807, 2.05) is 0 Å². The molecule has 0 aromatic carbocycles. The van der Waals surface area contributed by atoms with Crippen LogP contribution in [0.25, 0.3) is 0 Å². The van der Waals surface area contributed by atoms with Crippen LogP contribution in [0.4, 0.5) is 5.13 Å². The van der Waals surface area contributed by atoms with Crippen LogP contribution in [0.5, 0.6) is 0 Å². The number of nitrogens with one attached hydrogen (secondary N) is 2. The van der Waals surface area contributed by atoms with E-state index in [-0.39, 0.29) is 15.0 Å². The highest BCUT2D eigenvalue weighted by molar-refractivity contribution is 7.93. The molecule has 8 nitrogen and oxygen atoms in total. The average Bonchev–Trinajstić information content (AvgIpc) is 2.73. The van der Waals surface area contributed by atoms with Gasteiger partial charge in [0.2, 0.25) is 5.13 Å². The molecule has 0 saturated heterocycles. The first kappa shape index (κ1) is 12.0. The first-order valence-corrected chi connectivity index (χ1v) is 6.68. The number of hydrogen-bond donors (Lipinski definition) is 2. The maximum Gasteiger partial charge on any atom is 0.266 e. The molecule has 0 saturated carbocycles. The topological polar surface area (TPSA) is 118 Å². The van der Waals surface area contributed by atoms with Gasteiger partial charge in [0.05, 0.1) is 0 Å². The van der Waals surface area contributed by atoms with Crippen molar-refractivity contribution < 1.29 is 8.42 Å². The molecule has 90 valence electrons. The summed E-state index contributed by atoms with van der Waals surface area (Å²) >= 11 is 6.31. The summed E-state index contributed by atoms with van der Waals surface area (Å²) in [6.45, 7) is 0. The molecule has 0 fully saturated rings. The Labute approximate surface area is 104 Å². The van der Waals surface area contributed by atoms with Crippen LogP contribution in [0.2, 0.25) is 5.02 Å². The Morgan fingerprint density at radius 3 is 2.82 bits per heavy atom. The Morgan fingerprint density at radius 2 is 2.24 bits per heavy atom. The SMILES string of the molecule is O=c1[nH]cc(S(=O)(=O)Nc2nnns2)cc1Cl. The Hall–Kier alpha value is -1.52. The molecular formula is C6H4ClN5O3S2. The maximum atomic E-state index is 11.8. The molecule has 0 atom stereocenters. The molecule has 0 aliphatic carbocycles. The quantitative estimate of drug-likeness (QED) is 0.827. The Bertz CT molecular complexity index is 680. The summed E-state index contributed by atoms with van der Waals surface area (Å²) in [5.41, 5.74) is -0.566. The van der Waals surface area contributed by atoms with Gasteiger partial charge in [-0.25, -0.2) is 8.42 Å². The number of nitrogens with zero attached hydrogens (tertiary/aromatic N) is 3. The zero-order valence-electron chi connectivity index (χ0n) is 7.92. The lowest BCUT2D eigenvalue weighted by Crippen LogP contribution is -2.15. The minimum Gasteiger partial charge on any atom is -0.326 e. The molecule has 0 amide bonds. The number of anilines is 1. The normalized spacial score (nSPS) is 11.4. The molecule has 2 rings (SSSR count). The zero-order chi connectivity index (χ0) is 12.5. The molecule has 0 unspecified atom stereocenters. The van der Waals surface area contributed by atoms with Gasteiger partial charge in [0.15, 0.2) is 0 Å². The van der Waals surface area contributed by atoms with E-state index in [1.54, 1.807) is 0 Å². The van der Waals surface area contributed by atoms with Gasteiger partial charge in [-0.3, -0.25) is 9.52 Å². The molecular weight excluding hydrogens is 290 g/mol. The molecule has 2 aromatic rings. The van der Waals surface area contributed by atoms with Gasteiger partial charge in [-0.2, -0.15) is 0 Å². The minimum absolute atomic E-state index is 0.0207. The molecule has 11 heteroatoms. The van der Waals surface area contributed by atoms with Crippen molar-refractivity contribution in [2.45, 2.75) is 4.90 Å². The summed E-state index contributed by atoms with van der Waals surface area (Å²) in [6, 6.07) is 1.04. The second-order valence-corrected chi connectivity index (χ2v) is 5.61. The lowest BCUT2D eigenvalue weighted by Gasteiger charge is -2.03. The molecule has 2 heterocycles. The van der Waals surface area contributed by atoms with Crippen LogP contribution in [0.15, 0.2) is 22.0 Å². The molecule has 2 N–H and O–H groups in total. The first-order valence-electron chi connectivity index (χ1n) is 4.05. The number of sulfonamides is 1. The van der Waals surface area contributed by atoms with Crippen LogP contribution < -0.4 is 10.3 Å². The van der Waals surface area contributed by atoms with Crippen molar-refractivity contribution in [3.8, 4) is 0 Å². The highest BCUT2D eigenvalue weighted by Crippen LogP contribution is 2.15. The number of hydrogen-bond acceptors (Lipinski definition) is 7. The van der Waals surface area contributed by atoms with Crippen molar-refractivity contribution in [2.75, 3.05) is 4.72 Å². The van der Waals surface area contributed by atoms with Gasteiger partial charge >= 0.3 is 0 Å². The summed E-state index contributed by atoms with van der Waals surface area (Å²) in [7, 11) is -3.86. The maximum absolute atomic E-state index is 11.8. The van der Waals surface area contributed by atoms with Crippen LogP contribution in [0.1, 0.15) is 0 Å². The van der Waals surface area contributed by atoms with Crippen LogP contribution in [-0.4, -0.2) is 28.2 Å². The smallest absolute Gasteiger partial charge is 0.266 e. The standard InChI is InChI=1S/C6H4ClN5O3S2/c7-4-1-3(2-8-5(4)13)17(14,15)10-6-9-11-12-16-6/h1-2H,(H,8,13)(H,9,10,12). The number of pyridine rings is 1. The Balaban J connectivity index is 2.38. The number of halogens is 1. The number of H-pyrrole nitrogens is 1. The third kappa shape index (κ3) is 2.60. The fourth-order valence-corrected chi connectivity index (χ4v) is 2.75. The van der Waals surface area contributed by atoms with Gasteiger partial charge in [0, 0.05) is 17.7 Å². The van der Waals surface area contributed by atoms with E-state index in [1.165, 1.54) is 0 Å². The van der Waals surface area contributed by atoms with Crippen molar-refractivity contribution in [3.63, 3.8) is 0 Å². The number of rotatable bonds is 3. The molecule has 0 radical (unpaired) electrons. The lowest BCUT2D eigenvalue weighted by atomic mass is 10.5. The van der Waals surface area contributed by atoms with Gasteiger partial charge in [0.1, 0.15) is 9.92 Å². The van der Waals surface area contributed by atoms with E-state index in [2.05, 4.69) is 24.5 Å². The monoisotopic (exact) mass is 293 g/mol. The van der Waals surface area contributed by atoms with Crippen LogP contribution in [0.3, 0.4) is 0 Å². The van der Waals surface area contributed by atoms with Gasteiger partial charge in [-0.05, 0) is 11.3 Å². The highest BCUT2D eigenvalue weighted by atomic mass is 35.5. The zero-order valence-corrected chi connectivity index (χ0v) is 10.3. The van der Waals surface area contributed by atoms with Gasteiger partial charge in [-0.1, -0.05) is 21.2 Å². The second-order valence-electron chi connectivity index (χ2n) is 2.79. The third-order valence-corrected chi connectivity index (χ3v) is 3.90. The Morgan fingerprint density at radius 1 is 1.47 bits per heavy atom. The number of aromatic amines is 1. The van der Waals surface area contributed by atoms with E-state index in [9.17, 15) is 13.2 Å². The highest BCUT2D eigenvalue weighted by Gasteiger charge is 2.17. The number of aromatic nitrogens is 4. The third-order valence-electron chi connectivity index (χ3n) is 1.66. The van der Waals surface area contributed by atoms with Crippen LogP contribution in [0, 0.1) is 0 Å². The predicted octanol–water partition coefficient (Wildman–Crippen LogP) is 0.0756. The van der Waals surface area contributed by atoms with Gasteiger partial charge in [-0.15, -0.1) is 0 Å². The Kier molecular flexibility index (Phi) is 3.09. The van der Waals surface area contributed by atoms with E-state index in [0.717, 1.165) is 23.8 Å². The van der Waals surface area contributed by atoms with E-state index < -0.39 is 15.6 Å². The summed E-state index contributed by atoms with van der Waals surface area (Å²) in [4.78, 5) is 13.0. The molecule has 0 bridgehead atoms. The van der Waals surface area contributed by atoms with Crippen molar-refractivity contribution >= 4 is 38.3 Å². The lowest BCUT2D eigenvalue weighted by molar-refractivity contribution is 0.600. The fraction of sp³-hybridized carbons (Fsp3) is 0. The fourth-order valence-electron chi connectivity index (χ4n) is 0.940. The predicted molar refractivity (Wildman–Crippen MR) is 60.6 cm³/mol.